The molecule has 0 spiro atoms. The van der Waals surface area contributed by atoms with E-state index in [2.05, 4.69) is 4.72 Å². The van der Waals surface area contributed by atoms with Crippen LogP contribution >= 0.6 is 11.8 Å². The van der Waals surface area contributed by atoms with Crippen molar-refractivity contribution in [3.8, 4) is 0 Å². The summed E-state index contributed by atoms with van der Waals surface area (Å²) in [5.41, 5.74) is 0.562. The Kier molecular flexibility index (Phi) is 4.17. The summed E-state index contributed by atoms with van der Waals surface area (Å²) in [4.78, 5) is 11.0. The number of sulfonamides is 1. The predicted molar refractivity (Wildman–Crippen MR) is 74.2 cm³/mol. The van der Waals surface area contributed by atoms with Crippen molar-refractivity contribution in [2.75, 3.05) is 11.5 Å². The Morgan fingerprint density at radius 3 is 2.79 bits per heavy atom. The number of hydrogen-bond acceptors (Lipinski definition) is 4. The fourth-order valence-electron chi connectivity index (χ4n) is 1.91. The standard InChI is InChI=1S/C12H15NO4S2/c1-8-2-3-10(6-11(8)12(14)15)19(16,17)13-9-4-5-18-7-9/h2-3,6,9,13H,4-5,7H2,1H3,(H,14,15). The van der Waals surface area contributed by atoms with E-state index in [9.17, 15) is 13.2 Å². The Morgan fingerprint density at radius 2 is 2.21 bits per heavy atom. The van der Waals surface area contributed by atoms with Gasteiger partial charge in [-0.3, -0.25) is 0 Å². The average Bonchev–Trinajstić information content (AvgIpc) is 2.80. The number of carboxylic acids is 1. The number of nitrogens with one attached hydrogen (secondary N) is 1. The summed E-state index contributed by atoms with van der Waals surface area (Å²) in [5, 5.41) is 9.02. The number of carbonyl (C=O) groups is 1. The minimum atomic E-state index is -3.64. The van der Waals surface area contributed by atoms with Crippen LogP contribution in [0, 0.1) is 6.92 Å². The maximum absolute atomic E-state index is 12.2. The summed E-state index contributed by atoms with van der Waals surface area (Å²) < 4.78 is 26.9. The lowest BCUT2D eigenvalue weighted by molar-refractivity contribution is 0.0696. The van der Waals surface area contributed by atoms with Gasteiger partial charge in [-0.05, 0) is 36.8 Å². The highest BCUT2D eigenvalue weighted by atomic mass is 32.2. The first-order valence-electron chi connectivity index (χ1n) is 5.84. The van der Waals surface area contributed by atoms with E-state index in [0.717, 1.165) is 17.9 Å². The quantitative estimate of drug-likeness (QED) is 0.880. The van der Waals surface area contributed by atoms with Crippen molar-refractivity contribution in [3.63, 3.8) is 0 Å². The van der Waals surface area contributed by atoms with Gasteiger partial charge in [-0.25, -0.2) is 17.9 Å². The molecule has 0 aliphatic carbocycles. The molecule has 19 heavy (non-hydrogen) atoms. The van der Waals surface area contributed by atoms with Crippen LogP contribution in [0.4, 0.5) is 0 Å². The van der Waals surface area contributed by atoms with Crippen molar-refractivity contribution in [2.45, 2.75) is 24.3 Å². The van der Waals surface area contributed by atoms with Crippen LogP contribution in [0.2, 0.25) is 0 Å². The van der Waals surface area contributed by atoms with Gasteiger partial charge in [-0.15, -0.1) is 0 Å². The second-order valence-electron chi connectivity index (χ2n) is 4.46. The molecule has 5 nitrogen and oxygen atoms in total. The molecule has 1 aliphatic heterocycles. The zero-order chi connectivity index (χ0) is 14.0. The van der Waals surface area contributed by atoms with Crippen LogP contribution in [-0.2, 0) is 10.0 Å². The van der Waals surface area contributed by atoms with E-state index >= 15 is 0 Å². The molecule has 1 aromatic carbocycles. The van der Waals surface area contributed by atoms with Gasteiger partial charge in [0.15, 0.2) is 0 Å². The monoisotopic (exact) mass is 301 g/mol. The van der Waals surface area contributed by atoms with Gasteiger partial charge in [-0.1, -0.05) is 6.07 Å². The Hall–Kier alpha value is -1.05. The fraction of sp³-hybridized carbons (Fsp3) is 0.417. The molecule has 0 saturated carbocycles. The SMILES string of the molecule is Cc1ccc(S(=O)(=O)NC2CCSC2)cc1C(=O)O. The topological polar surface area (TPSA) is 83.5 Å². The first-order valence-corrected chi connectivity index (χ1v) is 8.48. The van der Waals surface area contributed by atoms with Gasteiger partial charge in [0.1, 0.15) is 0 Å². The molecule has 104 valence electrons. The van der Waals surface area contributed by atoms with E-state index in [1.54, 1.807) is 18.7 Å². The van der Waals surface area contributed by atoms with Crippen LogP contribution in [0.3, 0.4) is 0 Å². The van der Waals surface area contributed by atoms with Crippen molar-refractivity contribution in [1.29, 1.82) is 0 Å². The highest BCUT2D eigenvalue weighted by molar-refractivity contribution is 7.99. The third-order valence-corrected chi connectivity index (χ3v) is 5.68. The molecule has 0 radical (unpaired) electrons. The summed E-state index contributed by atoms with van der Waals surface area (Å²) >= 11 is 1.71. The fourth-order valence-corrected chi connectivity index (χ4v) is 4.47. The van der Waals surface area contributed by atoms with E-state index < -0.39 is 16.0 Å². The van der Waals surface area contributed by atoms with Gasteiger partial charge in [0.2, 0.25) is 10.0 Å². The number of aromatic carboxylic acids is 1. The van der Waals surface area contributed by atoms with E-state index in [4.69, 9.17) is 5.11 Å². The first-order chi connectivity index (χ1) is 8.90. The van der Waals surface area contributed by atoms with Crippen LogP contribution in [0.25, 0.3) is 0 Å². The van der Waals surface area contributed by atoms with Crippen molar-refractivity contribution in [1.82, 2.24) is 4.72 Å². The number of rotatable bonds is 4. The molecule has 1 aliphatic rings. The predicted octanol–water partition coefficient (Wildman–Crippen LogP) is 1.48. The van der Waals surface area contributed by atoms with Gasteiger partial charge in [0.25, 0.3) is 0 Å². The van der Waals surface area contributed by atoms with Crippen LogP contribution < -0.4 is 4.72 Å². The number of carboxylic acid groups (broad SMARTS) is 1. The normalized spacial score (nSPS) is 19.5. The number of aryl methyl sites for hydroxylation is 1. The summed E-state index contributed by atoms with van der Waals surface area (Å²) in [5.74, 6) is 0.587. The lowest BCUT2D eigenvalue weighted by Gasteiger charge is -2.12. The summed E-state index contributed by atoms with van der Waals surface area (Å²) in [6.45, 7) is 1.64. The molecule has 1 aromatic rings. The van der Waals surface area contributed by atoms with E-state index in [1.807, 2.05) is 0 Å². The van der Waals surface area contributed by atoms with Gasteiger partial charge < -0.3 is 5.11 Å². The zero-order valence-electron chi connectivity index (χ0n) is 10.4. The Morgan fingerprint density at radius 1 is 1.47 bits per heavy atom. The van der Waals surface area contributed by atoms with Crippen LogP contribution in [0.1, 0.15) is 22.3 Å². The minimum absolute atomic E-state index is 0.00685. The molecule has 7 heteroatoms. The summed E-state index contributed by atoms with van der Waals surface area (Å²) in [6, 6.07) is 4.10. The highest BCUT2D eigenvalue weighted by Gasteiger charge is 2.24. The van der Waals surface area contributed by atoms with Crippen LogP contribution in [0.5, 0.6) is 0 Å². The Balaban J connectivity index is 2.29. The molecule has 1 fully saturated rings. The Bertz CT molecular complexity index is 592. The van der Waals surface area contributed by atoms with Crippen molar-refractivity contribution < 1.29 is 18.3 Å². The molecule has 0 aromatic heterocycles. The van der Waals surface area contributed by atoms with E-state index in [-0.39, 0.29) is 16.5 Å². The summed E-state index contributed by atoms with van der Waals surface area (Å²) in [7, 11) is -3.64. The maximum Gasteiger partial charge on any atom is 0.335 e. The molecule has 1 unspecified atom stereocenters. The zero-order valence-corrected chi connectivity index (χ0v) is 12.1. The van der Waals surface area contributed by atoms with Gasteiger partial charge in [0, 0.05) is 11.8 Å². The van der Waals surface area contributed by atoms with Crippen LogP contribution in [0.15, 0.2) is 23.1 Å². The van der Waals surface area contributed by atoms with Crippen LogP contribution in [-0.4, -0.2) is 37.0 Å². The molecule has 2 rings (SSSR count). The third-order valence-electron chi connectivity index (χ3n) is 3.00. The second-order valence-corrected chi connectivity index (χ2v) is 7.33. The number of benzene rings is 1. The lowest BCUT2D eigenvalue weighted by atomic mass is 10.1. The van der Waals surface area contributed by atoms with Crippen molar-refractivity contribution >= 4 is 27.8 Å². The van der Waals surface area contributed by atoms with E-state index in [1.165, 1.54) is 18.2 Å². The number of hydrogen-bond donors (Lipinski definition) is 2. The van der Waals surface area contributed by atoms with Crippen molar-refractivity contribution in [2.24, 2.45) is 0 Å². The molecule has 1 saturated heterocycles. The van der Waals surface area contributed by atoms with E-state index in [0.29, 0.717) is 5.56 Å². The molecule has 2 N–H and O–H groups in total. The third kappa shape index (κ3) is 3.29. The van der Waals surface area contributed by atoms with Gasteiger partial charge in [0.05, 0.1) is 10.5 Å². The molecule has 1 heterocycles. The smallest absolute Gasteiger partial charge is 0.335 e. The van der Waals surface area contributed by atoms with Gasteiger partial charge >= 0.3 is 5.97 Å². The molecule has 0 amide bonds. The Labute approximate surface area is 116 Å². The molecular weight excluding hydrogens is 286 g/mol. The minimum Gasteiger partial charge on any atom is -0.478 e. The summed E-state index contributed by atoms with van der Waals surface area (Å²) in [6.07, 6.45) is 0.807. The van der Waals surface area contributed by atoms with Crippen molar-refractivity contribution in [3.05, 3.63) is 29.3 Å². The molecule has 1 atom stereocenters. The highest BCUT2D eigenvalue weighted by Crippen LogP contribution is 2.21. The first kappa shape index (κ1) is 14.4. The maximum atomic E-state index is 12.2. The second kappa shape index (κ2) is 5.52. The molecular formula is C12H15NO4S2. The lowest BCUT2D eigenvalue weighted by Crippen LogP contribution is -2.34. The largest absolute Gasteiger partial charge is 0.478 e. The average molecular weight is 301 g/mol. The van der Waals surface area contributed by atoms with Gasteiger partial charge in [-0.2, -0.15) is 11.8 Å². The number of thioether (sulfide) groups is 1. The molecule has 0 bridgehead atoms.